The van der Waals surface area contributed by atoms with E-state index in [-0.39, 0.29) is 12.1 Å². The third kappa shape index (κ3) is 7.74. The molecule has 3 rings (SSSR count). The van der Waals surface area contributed by atoms with E-state index < -0.39 is 5.60 Å². The first-order valence-corrected chi connectivity index (χ1v) is 12.5. The van der Waals surface area contributed by atoms with E-state index in [0.717, 1.165) is 63.3 Å². The Morgan fingerprint density at radius 2 is 1.74 bits per heavy atom. The number of carbonyl (C=O) groups excluding carboxylic acids is 1. The zero-order valence-electron chi connectivity index (χ0n) is 21.1. The molecule has 1 saturated heterocycles. The predicted molar refractivity (Wildman–Crippen MR) is 137 cm³/mol. The summed E-state index contributed by atoms with van der Waals surface area (Å²) in [6.45, 7) is 9.83. The Kier molecular flexibility index (Phi) is 9.36. The molecule has 0 amide bonds. The molecule has 1 aliphatic heterocycles. The first kappa shape index (κ1) is 26.0. The van der Waals surface area contributed by atoms with E-state index in [2.05, 4.69) is 29.0 Å². The molecule has 0 atom stereocenters. The molecule has 1 aliphatic rings. The van der Waals surface area contributed by atoms with Crippen LogP contribution in [0.25, 0.3) is 0 Å². The molecule has 0 aromatic heterocycles. The molecule has 0 unspecified atom stereocenters. The molecule has 0 saturated carbocycles. The Labute approximate surface area is 204 Å². The lowest BCUT2D eigenvalue weighted by molar-refractivity contribution is -0.0254. The molecule has 0 aliphatic carbocycles. The van der Waals surface area contributed by atoms with Gasteiger partial charge in [-0.25, -0.2) is 4.79 Å². The van der Waals surface area contributed by atoms with Gasteiger partial charge in [0.25, 0.3) is 0 Å². The first-order chi connectivity index (χ1) is 16.3. The zero-order valence-corrected chi connectivity index (χ0v) is 21.1. The van der Waals surface area contributed by atoms with E-state index in [1.807, 2.05) is 57.2 Å². The lowest BCUT2D eigenvalue weighted by Gasteiger charge is -2.39. The molecule has 0 radical (unpaired) electrons. The normalized spacial score (nSPS) is 15.8. The van der Waals surface area contributed by atoms with E-state index >= 15 is 0 Å². The summed E-state index contributed by atoms with van der Waals surface area (Å²) < 4.78 is 10.8. The monoisotopic (exact) mass is 468 g/mol. The number of piperidine rings is 1. The fourth-order valence-electron chi connectivity index (χ4n) is 4.31. The third-order valence-corrected chi connectivity index (χ3v) is 6.53. The van der Waals surface area contributed by atoms with Crippen LogP contribution in [0.5, 0.6) is 5.75 Å². The minimum atomic E-state index is -0.604. The minimum Gasteiger partial charge on any atom is -0.491 e. The van der Waals surface area contributed by atoms with Gasteiger partial charge in [0.05, 0.1) is 23.9 Å². The summed E-state index contributed by atoms with van der Waals surface area (Å²) in [5.74, 6) is 0.611. The van der Waals surface area contributed by atoms with Gasteiger partial charge in [0.1, 0.15) is 5.75 Å². The molecular formula is C28H40N2O4. The van der Waals surface area contributed by atoms with Crippen LogP contribution >= 0.6 is 0 Å². The molecular weight excluding hydrogens is 428 g/mol. The highest BCUT2D eigenvalue weighted by Crippen LogP contribution is 2.27. The van der Waals surface area contributed by atoms with Gasteiger partial charge >= 0.3 is 5.97 Å². The number of benzene rings is 2. The lowest BCUT2D eigenvalue weighted by atomic mass is 9.88. The van der Waals surface area contributed by atoms with E-state index in [4.69, 9.17) is 9.47 Å². The summed E-state index contributed by atoms with van der Waals surface area (Å²) in [5, 5.41) is 11.1. The second kappa shape index (κ2) is 12.2. The number of carbonyl (C=O) groups is 1. The Bertz CT molecular complexity index is 888. The number of nitrogens with zero attached hydrogens (tertiary/aromatic N) is 2. The van der Waals surface area contributed by atoms with Crippen molar-refractivity contribution >= 4 is 11.7 Å². The van der Waals surface area contributed by atoms with Gasteiger partial charge in [-0.3, -0.25) is 0 Å². The molecule has 1 fully saturated rings. The minimum absolute atomic E-state index is 0.167. The highest BCUT2D eigenvalue weighted by molar-refractivity contribution is 5.89. The standard InChI is InChI=1S/C28H40N2O4/c1-5-33-27(31)24-8-6-23(7-9-24)14-18-30-20-16-28(32,17-21-30)15-19-29(4)25-10-12-26(13-11-25)34-22(2)3/h6-13,22,32H,5,14-21H2,1-4H3. The van der Waals surface area contributed by atoms with Crippen molar-refractivity contribution in [2.75, 3.05) is 44.7 Å². The summed E-state index contributed by atoms with van der Waals surface area (Å²) in [6, 6.07) is 15.8. The SMILES string of the molecule is CCOC(=O)c1ccc(CCN2CCC(O)(CCN(C)c3ccc(OC(C)C)cc3)CC2)cc1. The third-order valence-electron chi connectivity index (χ3n) is 6.53. The van der Waals surface area contributed by atoms with E-state index in [1.54, 1.807) is 0 Å². The fraction of sp³-hybridized carbons (Fsp3) is 0.536. The fourth-order valence-corrected chi connectivity index (χ4v) is 4.31. The number of esters is 1. The van der Waals surface area contributed by atoms with Crippen molar-refractivity contribution in [1.82, 2.24) is 4.90 Å². The number of likely N-dealkylation sites (tertiary alicyclic amines) is 1. The highest BCUT2D eigenvalue weighted by atomic mass is 16.5. The maximum atomic E-state index is 11.8. The van der Waals surface area contributed by atoms with Gasteiger partial charge in [0.15, 0.2) is 0 Å². The molecule has 1 N–H and O–H groups in total. The molecule has 2 aromatic carbocycles. The molecule has 1 heterocycles. The number of hydrogen-bond acceptors (Lipinski definition) is 6. The van der Waals surface area contributed by atoms with E-state index in [1.165, 1.54) is 5.56 Å². The van der Waals surface area contributed by atoms with Gasteiger partial charge in [-0.1, -0.05) is 12.1 Å². The van der Waals surface area contributed by atoms with Crippen LogP contribution in [0.1, 0.15) is 56.0 Å². The summed E-state index contributed by atoms with van der Waals surface area (Å²) in [5.41, 5.74) is 2.33. The smallest absolute Gasteiger partial charge is 0.338 e. The average Bonchev–Trinajstić information content (AvgIpc) is 2.83. The Morgan fingerprint density at radius 3 is 2.32 bits per heavy atom. The van der Waals surface area contributed by atoms with Crippen LogP contribution in [0, 0.1) is 0 Å². The predicted octanol–water partition coefficient (Wildman–Crippen LogP) is 4.55. The first-order valence-electron chi connectivity index (χ1n) is 12.5. The molecule has 2 aromatic rings. The molecule has 186 valence electrons. The van der Waals surface area contributed by atoms with Gasteiger partial charge in [-0.05, 0) is 88.4 Å². The van der Waals surface area contributed by atoms with Crippen LogP contribution in [0.3, 0.4) is 0 Å². The number of aliphatic hydroxyl groups is 1. The van der Waals surface area contributed by atoms with Crippen LogP contribution in [0.2, 0.25) is 0 Å². The Hall–Kier alpha value is -2.57. The van der Waals surface area contributed by atoms with Gasteiger partial charge in [-0.2, -0.15) is 0 Å². The summed E-state index contributed by atoms with van der Waals surface area (Å²) in [4.78, 5) is 16.4. The van der Waals surface area contributed by atoms with Gasteiger partial charge in [0.2, 0.25) is 0 Å². The number of ether oxygens (including phenoxy) is 2. The van der Waals surface area contributed by atoms with Gasteiger partial charge < -0.3 is 24.4 Å². The zero-order chi connectivity index (χ0) is 24.6. The quantitative estimate of drug-likeness (QED) is 0.489. The number of hydrogen-bond donors (Lipinski definition) is 1. The topological polar surface area (TPSA) is 62.2 Å². The van der Waals surface area contributed by atoms with Crippen LogP contribution in [0.4, 0.5) is 5.69 Å². The molecule has 0 bridgehead atoms. The second-order valence-electron chi connectivity index (χ2n) is 9.57. The van der Waals surface area contributed by atoms with Crippen molar-refractivity contribution < 1.29 is 19.4 Å². The summed E-state index contributed by atoms with van der Waals surface area (Å²) in [7, 11) is 2.07. The molecule has 0 spiro atoms. The van der Waals surface area contributed by atoms with Crippen molar-refractivity contribution in [1.29, 1.82) is 0 Å². The van der Waals surface area contributed by atoms with Crippen molar-refractivity contribution in [3.05, 3.63) is 59.7 Å². The van der Waals surface area contributed by atoms with Crippen molar-refractivity contribution in [2.24, 2.45) is 0 Å². The van der Waals surface area contributed by atoms with Gasteiger partial charge in [-0.15, -0.1) is 0 Å². The van der Waals surface area contributed by atoms with E-state index in [9.17, 15) is 9.90 Å². The summed E-state index contributed by atoms with van der Waals surface area (Å²) in [6.07, 6.45) is 3.45. The van der Waals surface area contributed by atoms with Crippen molar-refractivity contribution in [3.63, 3.8) is 0 Å². The van der Waals surface area contributed by atoms with Crippen LogP contribution in [-0.4, -0.2) is 67.5 Å². The Balaban J connectivity index is 1.40. The molecule has 34 heavy (non-hydrogen) atoms. The average molecular weight is 469 g/mol. The largest absolute Gasteiger partial charge is 0.491 e. The van der Waals surface area contributed by atoms with Crippen molar-refractivity contribution in [3.8, 4) is 5.75 Å². The number of anilines is 1. The van der Waals surface area contributed by atoms with E-state index in [0.29, 0.717) is 12.2 Å². The Morgan fingerprint density at radius 1 is 1.09 bits per heavy atom. The maximum Gasteiger partial charge on any atom is 0.338 e. The number of rotatable bonds is 11. The van der Waals surface area contributed by atoms with Crippen molar-refractivity contribution in [2.45, 2.75) is 58.2 Å². The molecule has 6 heteroatoms. The van der Waals surface area contributed by atoms with Gasteiger partial charge in [0, 0.05) is 38.9 Å². The van der Waals surface area contributed by atoms with Crippen LogP contribution in [0.15, 0.2) is 48.5 Å². The van der Waals surface area contributed by atoms with Crippen LogP contribution in [-0.2, 0) is 11.2 Å². The second-order valence-corrected chi connectivity index (χ2v) is 9.57. The molecule has 6 nitrogen and oxygen atoms in total. The maximum absolute atomic E-state index is 11.8. The summed E-state index contributed by atoms with van der Waals surface area (Å²) >= 11 is 0. The van der Waals surface area contributed by atoms with Crippen LogP contribution < -0.4 is 9.64 Å². The lowest BCUT2D eigenvalue weighted by Crippen LogP contribution is -2.46. The highest BCUT2D eigenvalue weighted by Gasteiger charge is 2.32.